The van der Waals surface area contributed by atoms with Crippen molar-refractivity contribution in [1.82, 2.24) is 9.84 Å². The van der Waals surface area contributed by atoms with Crippen LogP contribution in [0.3, 0.4) is 0 Å². The number of benzene rings is 1. The summed E-state index contributed by atoms with van der Waals surface area (Å²) in [6, 6.07) is 6.06. The van der Waals surface area contributed by atoms with Crippen molar-refractivity contribution < 1.29 is 13.5 Å². The minimum atomic E-state index is -3.49. The summed E-state index contributed by atoms with van der Waals surface area (Å²) in [5.41, 5.74) is 0.679. The van der Waals surface area contributed by atoms with Crippen molar-refractivity contribution >= 4 is 10.0 Å². The van der Waals surface area contributed by atoms with Crippen LogP contribution in [0.15, 0.2) is 29.2 Å². The third-order valence-corrected chi connectivity index (χ3v) is 3.22. The highest BCUT2D eigenvalue weighted by Crippen LogP contribution is 2.10. The molecule has 1 aromatic rings. The Hall–Kier alpha value is -0.950. The molecule has 0 heterocycles. The fourth-order valence-corrected chi connectivity index (χ4v) is 2.15. The highest BCUT2D eigenvalue weighted by atomic mass is 32.2. The summed E-state index contributed by atoms with van der Waals surface area (Å²) in [5.74, 6) is 0. The van der Waals surface area contributed by atoms with E-state index in [1.54, 1.807) is 26.2 Å². The van der Waals surface area contributed by atoms with Gasteiger partial charge in [-0.05, 0) is 17.7 Å². The molecule has 0 unspecified atom stereocenters. The minimum Gasteiger partial charge on any atom is -0.392 e. The fourth-order valence-electron chi connectivity index (χ4n) is 1.07. The topological polar surface area (TPSA) is 69.6 Å². The average molecular weight is 230 g/mol. The number of nitrogens with one attached hydrogen (secondary N) is 1. The summed E-state index contributed by atoms with van der Waals surface area (Å²) in [4.78, 5) is 2.49. The van der Waals surface area contributed by atoms with Crippen LogP contribution in [0.5, 0.6) is 0 Å². The molecule has 1 rings (SSSR count). The maximum absolute atomic E-state index is 11.6. The van der Waals surface area contributed by atoms with E-state index in [1.165, 1.54) is 17.1 Å². The zero-order chi connectivity index (χ0) is 11.5. The van der Waals surface area contributed by atoms with Crippen LogP contribution < -0.4 is 4.83 Å². The van der Waals surface area contributed by atoms with E-state index in [0.29, 0.717) is 5.56 Å². The monoisotopic (exact) mass is 230 g/mol. The average Bonchev–Trinajstić information content (AvgIpc) is 2.16. The first-order valence-electron chi connectivity index (χ1n) is 4.35. The van der Waals surface area contributed by atoms with Gasteiger partial charge in [0.15, 0.2) is 0 Å². The molecule has 0 spiro atoms. The Kier molecular flexibility index (Phi) is 3.81. The Morgan fingerprint density at radius 1 is 1.27 bits per heavy atom. The summed E-state index contributed by atoms with van der Waals surface area (Å²) in [6.07, 6.45) is 0. The number of nitrogens with zero attached hydrogens (tertiary/aromatic N) is 1. The van der Waals surface area contributed by atoms with Crippen LogP contribution in [0.4, 0.5) is 0 Å². The van der Waals surface area contributed by atoms with Crippen LogP contribution in [0.1, 0.15) is 5.56 Å². The van der Waals surface area contributed by atoms with Crippen molar-refractivity contribution in [3.05, 3.63) is 29.8 Å². The first-order valence-corrected chi connectivity index (χ1v) is 5.83. The van der Waals surface area contributed by atoms with Crippen molar-refractivity contribution in [3.63, 3.8) is 0 Å². The molecule has 0 bridgehead atoms. The van der Waals surface area contributed by atoms with Gasteiger partial charge in [-0.15, -0.1) is 4.83 Å². The van der Waals surface area contributed by atoms with Crippen molar-refractivity contribution in [3.8, 4) is 0 Å². The molecule has 0 radical (unpaired) electrons. The number of aliphatic hydroxyl groups is 1. The summed E-state index contributed by atoms with van der Waals surface area (Å²) in [5, 5.41) is 10.2. The Bertz CT molecular complexity index is 411. The Morgan fingerprint density at radius 3 is 2.20 bits per heavy atom. The first kappa shape index (κ1) is 12.1. The molecule has 84 valence electrons. The van der Waals surface area contributed by atoms with Crippen LogP contribution in [0.25, 0.3) is 0 Å². The van der Waals surface area contributed by atoms with Gasteiger partial charge in [-0.3, -0.25) is 0 Å². The largest absolute Gasteiger partial charge is 0.392 e. The molecule has 0 atom stereocenters. The smallest absolute Gasteiger partial charge is 0.253 e. The highest BCUT2D eigenvalue weighted by Gasteiger charge is 2.13. The fraction of sp³-hybridized carbons (Fsp3) is 0.333. The maximum atomic E-state index is 11.6. The van der Waals surface area contributed by atoms with Gasteiger partial charge in [0, 0.05) is 14.1 Å². The zero-order valence-corrected chi connectivity index (χ0v) is 9.45. The van der Waals surface area contributed by atoms with E-state index in [9.17, 15) is 8.42 Å². The van der Waals surface area contributed by atoms with E-state index in [1.807, 2.05) is 0 Å². The minimum absolute atomic E-state index is 0.0958. The van der Waals surface area contributed by atoms with Gasteiger partial charge in [-0.1, -0.05) is 12.1 Å². The van der Waals surface area contributed by atoms with Crippen LogP contribution >= 0.6 is 0 Å². The van der Waals surface area contributed by atoms with Crippen LogP contribution in [-0.4, -0.2) is 32.6 Å². The van der Waals surface area contributed by atoms with Gasteiger partial charge in [-0.2, -0.15) is 0 Å². The lowest BCUT2D eigenvalue weighted by atomic mass is 10.2. The van der Waals surface area contributed by atoms with Gasteiger partial charge >= 0.3 is 0 Å². The second-order valence-corrected chi connectivity index (χ2v) is 4.95. The van der Waals surface area contributed by atoms with E-state index in [2.05, 4.69) is 4.83 Å². The quantitative estimate of drug-likeness (QED) is 0.711. The van der Waals surface area contributed by atoms with E-state index in [4.69, 9.17) is 5.11 Å². The molecular weight excluding hydrogens is 216 g/mol. The normalized spacial score (nSPS) is 12.0. The molecule has 5 nitrogen and oxygen atoms in total. The number of rotatable bonds is 4. The lowest BCUT2D eigenvalue weighted by Crippen LogP contribution is -2.36. The second kappa shape index (κ2) is 4.71. The van der Waals surface area contributed by atoms with Crippen LogP contribution in [0, 0.1) is 0 Å². The standard InChI is InChI=1S/C9H14N2O3S/c1-11(2)10-15(13,14)9-5-3-8(7-12)4-6-9/h3-6,10,12H,7H2,1-2H3. The molecule has 0 fully saturated rings. The van der Waals surface area contributed by atoms with Gasteiger partial charge in [-0.25, -0.2) is 13.4 Å². The predicted octanol–water partition coefficient (Wildman–Crippen LogP) is -0.0662. The van der Waals surface area contributed by atoms with Gasteiger partial charge in [0.1, 0.15) is 0 Å². The molecule has 0 saturated carbocycles. The third-order valence-electron chi connectivity index (χ3n) is 1.72. The summed E-state index contributed by atoms with van der Waals surface area (Å²) >= 11 is 0. The lowest BCUT2D eigenvalue weighted by Gasteiger charge is -2.12. The SMILES string of the molecule is CN(C)NS(=O)(=O)c1ccc(CO)cc1. The Labute approximate surface area is 89.4 Å². The maximum Gasteiger partial charge on any atom is 0.253 e. The third kappa shape index (κ3) is 3.28. The van der Waals surface area contributed by atoms with Gasteiger partial charge in [0.2, 0.25) is 0 Å². The molecule has 0 aliphatic rings. The molecular formula is C9H14N2O3S. The number of hydrogen-bond acceptors (Lipinski definition) is 4. The van der Waals surface area contributed by atoms with E-state index in [-0.39, 0.29) is 11.5 Å². The molecule has 0 aliphatic carbocycles. The van der Waals surface area contributed by atoms with Gasteiger partial charge in [0.25, 0.3) is 10.0 Å². The van der Waals surface area contributed by atoms with Gasteiger partial charge in [0.05, 0.1) is 11.5 Å². The van der Waals surface area contributed by atoms with Crippen LogP contribution in [0.2, 0.25) is 0 Å². The summed E-state index contributed by atoms with van der Waals surface area (Å²) < 4.78 is 23.3. The van der Waals surface area contributed by atoms with E-state index in [0.717, 1.165) is 0 Å². The molecule has 6 heteroatoms. The number of hydrogen-bond donors (Lipinski definition) is 2. The predicted molar refractivity (Wildman–Crippen MR) is 56.4 cm³/mol. The van der Waals surface area contributed by atoms with Gasteiger partial charge < -0.3 is 5.11 Å². The number of aliphatic hydroxyl groups excluding tert-OH is 1. The van der Waals surface area contributed by atoms with Crippen LogP contribution in [-0.2, 0) is 16.6 Å². The van der Waals surface area contributed by atoms with Crippen molar-refractivity contribution in [2.45, 2.75) is 11.5 Å². The number of hydrazine groups is 1. The summed E-state index contributed by atoms with van der Waals surface area (Å²) in [6.45, 7) is -0.0958. The Balaban J connectivity index is 2.96. The first-order chi connectivity index (χ1) is 6.95. The molecule has 15 heavy (non-hydrogen) atoms. The molecule has 2 N–H and O–H groups in total. The molecule has 0 aromatic heterocycles. The molecule has 1 aromatic carbocycles. The number of sulfonamides is 1. The Morgan fingerprint density at radius 2 is 1.80 bits per heavy atom. The van der Waals surface area contributed by atoms with E-state index >= 15 is 0 Å². The van der Waals surface area contributed by atoms with Crippen molar-refractivity contribution in [2.24, 2.45) is 0 Å². The van der Waals surface area contributed by atoms with Crippen molar-refractivity contribution in [2.75, 3.05) is 14.1 Å². The molecule has 0 aliphatic heterocycles. The lowest BCUT2D eigenvalue weighted by molar-refractivity contribution is 0.281. The zero-order valence-electron chi connectivity index (χ0n) is 8.64. The van der Waals surface area contributed by atoms with Crippen molar-refractivity contribution in [1.29, 1.82) is 0 Å². The summed E-state index contributed by atoms with van der Waals surface area (Å²) in [7, 11) is -0.296. The molecule has 0 saturated heterocycles. The second-order valence-electron chi connectivity index (χ2n) is 3.29. The van der Waals surface area contributed by atoms with E-state index < -0.39 is 10.0 Å². The molecule has 0 amide bonds. The highest BCUT2D eigenvalue weighted by molar-refractivity contribution is 7.89.